The molecular weight excluding hydrogens is 226 g/mol. The van der Waals surface area contributed by atoms with Crippen LogP contribution in [0.5, 0.6) is 11.5 Å². The first-order chi connectivity index (χ1) is 8.60. The van der Waals surface area contributed by atoms with Gasteiger partial charge < -0.3 is 14.8 Å². The zero-order valence-electron chi connectivity index (χ0n) is 12.1. The van der Waals surface area contributed by atoms with E-state index < -0.39 is 0 Å². The molecule has 102 valence electrons. The van der Waals surface area contributed by atoms with Gasteiger partial charge in [0.05, 0.1) is 18.8 Å². The fourth-order valence-corrected chi connectivity index (χ4v) is 1.95. The maximum absolute atomic E-state index is 5.87. The van der Waals surface area contributed by atoms with Gasteiger partial charge in [-0.25, -0.2) is 0 Å². The van der Waals surface area contributed by atoms with Crippen molar-refractivity contribution in [2.75, 3.05) is 13.7 Å². The van der Waals surface area contributed by atoms with E-state index in [0.29, 0.717) is 0 Å². The molecule has 0 saturated carbocycles. The summed E-state index contributed by atoms with van der Waals surface area (Å²) >= 11 is 0. The van der Waals surface area contributed by atoms with Crippen molar-refractivity contribution in [2.45, 2.75) is 46.3 Å². The molecule has 0 aliphatic rings. The van der Waals surface area contributed by atoms with Crippen molar-refractivity contribution in [2.24, 2.45) is 0 Å². The summed E-state index contributed by atoms with van der Waals surface area (Å²) in [5.41, 5.74) is 1.10. The maximum Gasteiger partial charge on any atom is 0.128 e. The number of methoxy groups -OCH3 is 1. The van der Waals surface area contributed by atoms with Crippen molar-refractivity contribution in [3.63, 3.8) is 0 Å². The number of hydrogen-bond donors (Lipinski definition) is 1. The van der Waals surface area contributed by atoms with Gasteiger partial charge in [0.25, 0.3) is 0 Å². The highest BCUT2D eigenvalue weighted by Gasteiger charge is 2.17. The van der Waals surface area contributed by atoms with Gasteiger partial charge >= 0.3 is 0 Å². The van der Waals surface area contributed by atoms with Crippen LogP contribution in [0, 0.1) is 0 Å². The molecule has 0 spiro atoms. The Bertz CT molecular complexity index is 364. The zero-order valence-corrected chi connectivity index (χ0v) is 12.1. The third-order valence-electron chi connectivity index (χ3n) is 2.74. The lowest BCUT2D eigenvalue weighted by Gasteiger charge is -2.22. The van der Waals surface area contributed by atoms with Crippen LogP contribution in [0.4, 0.5) is 0 Å². The van der Waals surface area contributed by atoms with E-state index in [1.807, 2.05) is 32.0 Å². The Hall–Kier alpha value is -1.22. The molecule has 0 fully saturated rings. The van der Waals surface area contributed by atoms with Gasteiger partial charge in [-0.3, -0.25) is 0 Å². The minimum Gasteiger partial charge on any atom is -0.496 e. The van der Waals surface area contributed by atoms with E-state index in [-0.39, 0.29) is 12.1 Å². The first kappa shape index (κ1) is 14.8. The first-order valence-corrected chi connectivity index (χ1v) is 6.67. The Morgan fingerprint density at radius 2 is 1.83 bits per heavy atom. The zero-order chi connectivity index (χ0) is 13.5. The van der Waals surface area contributed by atoms with Gasteiger partial charge in [0.1, 0.15) is 11.5 Å². The van der Waals surface area contributed by atoms with Gasteiger partial charge in [0.15, 0.2) is 0 Å². The van der Waals surface area contributed by atoms with Crippen LogP contribution in [-0.2, 0) is 0 Å². The largest absolute Gasteiger partial charge is 0.496 e. The van der Waals surface area contributed by atoms with Crippen LogP contribution in [0.15, 0.2) is 18.2 Å². The van der Waals surface area contributed by atoms with Crippen LogP contribution < -0.4 is 14.8 Å². The molecule has 0 amide bonds. The maximum atomic E-state index is 5.87. The molecule has 3 nitrogen and oxygen atoms in total. The molecular formula is C15H25NO2. The van der Waals surface area contributed by atoms with Crippen LogP contribution in [0.3, 0.4) is 0 Å². The molecule has 1 atom stereocenters. The van der Waals surface area contributed by atoms with Crippen molar-refractivity contribution >= 4 is 0 Å². The van der Waals surface area contributed by atoms with E-state index in [1.54, 1.807) is 7.11 Å². The summed E-state index contributed by atoms with van der Waals surface area (Å²) in [4.78, 5) is 0. The van der Waals surface area contributed by atoms with Crippen molar-refractivity contribution in [1.82, 2.24) is 5.32 Å². The summed E-state index contributed by atoms with van der Waals surface area (Å²) < 4.78 is 11.3. The molecule has 0 radical (unpaired) electrons. The van der Waals surface area contributed by atoms with Crippen molar-refractivity contribution in [1.29, 1.82) is 0 Å². The van der Waals surface area contributed by atoms with E-state index in [2.05, 4.69) is 19.2 Å². The van der Waals surface area contributed by atoms with Gasteiger partial charge in [-0.15, -0.1) is 0 Å². The number of benzene rings is 1. The quantitative estimate of drug-likeness (QED) is 0.804. The highest BCUT2D eigenvalue weighted by atomic mass is 16.5. The second-order valence-electron chi connectivity index (χ2n) is 4.71. The van der Waals surface area contributed by atoms with E-state index in [0.717, 1.165) is 30.0 Å². The van der Waals surface area contributed by atoms with Gasteiger partial charge in [0.2, 0.25) is 0 Å². The van der Waals surface area contributed by atoms with Gasteiger partial charge in [-0.05, 0) is 45.9 Å². The normalized spacial score (nSPS) is 12.6. The smallest absolute Gasteiger partial charge is 0.128 e. The predicted octanol–water partition coefficient (Wildman–Crippen LogP) is 3.54. The molecule has 18 heavy (non-hydrogen) atoms. The van der Waals surface area contributed by atoms with Crippen molar-refractivity contribution in [3.8, 4) is 11.5 Å². The Balaban J connectivity index is 3.02. The molecule has 0 heterocycles. The van der Waals surface area contributed by atoms with Crippen LogP contribution in [0.2, 0.25) is 0 Å². The fourth-order valence-electron chi connectivity index (χ4n) is 1.95. The standard InChI is InChI=1S/C15H25NO2/c1-6-10-16-12(4)15-13(17-5)8-7-9-14(15)18-11(2)3/h7-9,11-12,16H,6,10H2,1-5H3. The molecule has 1 aromatic carbocycles. The lowest BCUT2D eigenvalue weighted by atomic mass is 10.1. The summed E-state index contributed by atoms with van der Waals surface area (Å²) in [6.07, 6.45) is 1.27. The number of hydrogen-bond acceptors (Lipinski definition) is 3. The molecule has 0 saturated heterocycles. The topological polar surface area (TPSA) is 30.5 Å². The Labute approximate surface area is 110 Å². The summed E-state index contributed by atoms with van der Waals surface area (Å²) in [7, 11) is 1.70. The van der Waals surface area contributed by atoms with E-state index in [1.165, 1.54) is 0 Å². The summed E-state index contributed by atoms with van der Waals surface area (Å²) in [6, 6.07) is 6.16. The lowest BCUT2D eigenvalue weighted by molar-refractivity contribution is 0.236. The average Bonchev–Trinajstić information content (AvgIpc) is 2.34. The third kappa shape index (κ3) is 3.91. The van der Waals surface area contributed by atoms with Crippen molar-refractivity contribution < 1.29 is 9.47 Å². The van der Waals surface area contributed by atoms with Gasteiger partial charge in [-0.2, -0.15) is 0 Å². The van der Waals surface area contributed by atoms with E-state index >= 15 is 0 Å². The second kappa shape index (κ2) is 7.27. The molecule has 0 aromatic heterocycles. The highest BCUT2D eigenvalue weighted by Crippen LogP contribution is 2.34. The van der Waals surface area contributed by atoms with Crippen LogP contribution in [0.25, 0.3) is 0 Å². The Morgan fingerprint density at radius 3 is 2.39 bits per heavy atom. The van der Waals surface area contributed by atoms with Gasteiger partial charge in [-0.1, -0.05) is 13.0 Å². The average molecular weight is 251 g/mol. The minimum absolute atomic E-state index is 0.161. The molecule has 0 aliphatic carbocycles. The Morgan fingerprint density at radius 1 is 1.17 bits per heavy atom. The molecule has 1 unspecified atom stereocenters. The van der Waals surface area contributed by atoms with E-state index in [4.69, 9.17) is 9.47 Å². The Kier molecular flexibility index (Phi) is 5.99. The van der Waals surface area contributed by atoms with Gasteiger partial charge in [0, 0.05) is 6.04 Å². The lowest BCUT2D eigenvalue weighted by Crippen LogP contribution is -2.21. The van der Waals surface area contributed by atoms with Crippen LogP contribution >= 0.6 is 0 Å². The third-order valence-corrected chi connectivity index (χ3v) is 2.74. The molecule has 0 aliphatic heterocycles. The number of rotatable bonds is 7. The molecule has 3 heteroatoms. The number of nitrogens with one attached hydrogen (secondary N) is 1. The molecule has 0 bridgehead atoms. The summed E-state index contributed by atoms with van der Waals surface area (Å²) in [5.74, 6) is 1.78. The summed E-state index contributed by atoms with van der Waals surface area (Å²) in [5, 5.41) is 3.48. The second-order valence-corrected chi connectivity index (χ2v) is 4.71. The first-order valence-electron chi connectivity index (χ1n) is 6.67. The molecule has 1 rings (SSSR count). The SMILES string of the molecule is CCCNC(C)c1c(OC)cccc1OC(C)C. The van der Waals surface area contributed by atoms with Crippen molar-refractivity contribution in [3.05, 3.63) is 23.8 Å². The number of ether oxygens (including phenoxy) is 2. The van der Waals surface area contributed by atoms with Crippen LogP contribution in [0.1, 0.15) is 45.7 Å². The molecule has 1 aromatic rings. The highest BCUT2D eigenvalue weighted by molar-refractivity contribution is 5.46. The van der Waals surface area contributed by atoms with E-state index in [9.17, 15) is 0 Å². The summed E-state index contributed by atoms with van der Waals surface area (Å²) in [6.45, 7) is 9.36. The fraction of sp³-hybridized carbons (Fsp3) is 0.600. The predicted molar refractivity (Wildman–Crippen MR) is 75.5 cm³/mol. The van der Waals surface area contributed by atoms with Crippen LogP contribution in [-0.4, -0.2) is 19.8 Å². The molecule has 1 N–H and O–H groups in total. The monoisotopic (exact) mass is 251 g/mol. The minimum atomic E-state index is 0.161.